The van der Waals surface area contributed by atoms with Crippen molar-refractivity contribution in [1.29, 1.82) is 0 Å². The van der Waals surface area contributed by atoms with Crippen molar-refractivity contribution in [2.24, 2.45) is 23.7 Å². The van der Waals surface area contributed by atoms with Gasteiger partial charge in [0.1, 0.15) is 12.2 Å². The Labute approximate surface area is 198 Å². The molecule has 190 valence electrons. The lowest BCUT2D eigenvalue weighted by molar-refractivity contribution is -0.279. The maximum absolute atomic E-state index is 13.1. The third kappa shape index (κ3) is 7.09. The molecule has 11 atom stereocenters. The smallest absolute Gasteiger partial charge is 0.311 e. The second-order valence-electron chi connectivity index (χ2n) is 10.3. The molecule has 2 aliphatic rings. The summed E-state index contributed by atoms with van der Waals surface area (Å²) in [5.74, 6) is -1.99. The van der Waals surface area contributed by atoms with E-state index < -0.39 is 42.6 Å². The third-order valence-corrected chi connectivity index (χ3v) is 7.01. The SMILES string of the molecule is CC1CC(N(C)C)C(O)C(OC2C(C)CC(C)C(=O)/C=C/C(C)C(C(C)O)OC(=O)C2C)O1. The first-order valence-electron chi connectivity index (χ1n) is 12.1. The average Bonchev–Trinajstić information content (AvgIpc) is 2.73. The third-order valence-electron chi connectivity index (χ3n) is 7.01. The molecule has 2 N–H and O–H groups in total. The summed E-state index contributed by atoms with van der Waals surface area (Å²) in [6, 6.07) is -0.145. The van der Waals surface area contributed by atoms with Crippen LogP contribution < -0.4 is 0 Å². The zero-order chi connectivity index (χ0) is 25.0. The summed E-state index contributed by atoms with van der Waals surface area (Å²) in [5.41, 5.74) is 0. The molecule has 0 saturated carbocycles. The molecule has 11 unspecified atom stereocenters. The molecule has 2 aliphatic heterocycles. The van der Waals surface area contributed by atoms with Crippen LogP contribution >= 0.6 is 0 Å². The van der Waals surface area contributed by atoms with Gasteiger partial charge < -0.3 is 29.3 Å². The van der Waals surface area contributed by atoms with Gasteiger partial charge >= 0.3 is 5.97 Å². The van der Waals surface area contributed by atoms with Crippen molar-refractivity contribution in [3.8, 4) is 0 Å². The first kappa shape index (κ1) is 27.9. The molecule has 8 nitrogen and oxygen atoms in total. The zero-order valence-corrected chi connectivity index (χ0v) is 21.3. The predicted octanol–water partition coefficient (Wildman–Crippen LogP) is 2.16. The van der Waals surface area contributed by atoms with Crippen LogP contribution in [0.2, 0.25) is 0 Å². The van der Waals surface area contributed by atoms with Gasteiger partial charge in [-0.3, -0.25) is 9.59 Å². The molecular weight excluding hydrogens is 426 g/mol. The van der Waals surface area contributed by atoms with Crippen LogP contribution in [-0.4, -0.2) is 83.8 Å². The highest BCUT2D eigenvalue weighted by Crippen LogP contribution is 2.32. The second kappa shape index (κ2) is 11.9. The number of cyclic esters (lactones) is 1. The number of ether oxygens (including phenoxy) is 3. The number of carbonyl (C=O) groups is 2. The Hall–Kier alpha value is -1.32. The lowest BCUT2D eigenvalue weighted by atomic mass is 9.84. The van der Waals surface area contributed by atoms with Crippen molar-refractivity contribution in [3.05, 3.63) is 12.2 Å². The van der Waals surface area contributed by atoms with Gasteiger partial charge in [-0.2, -0.15) is 0 Å². The molecule has 0 aromatic carbocycles. The van der Waals surface area contributed by atoms with Crippen molar-refractivity contribution in [1.82, 2.24) is 4.90 Å². The summed E-state index contributed by atoms with van der Waals surface area (Å²) in [4.78, 5) is 27.8. The summed E-state index contributed by atoms with van der Waals surface area (Å²) >= 11 is 0. The summed E-state index contributed by atoms with van der Waals surface area (Å²) in [6.07, 6.45) is 0.131. The number of aliphatic hydroxyl groups excluding tert-OH is 2. The Morgan fingerprint density at radius 3 is 2.33 bits per heavy atom. The highest BCUT2D eigenvalue weighted by molar-refractivity contribution is 5.91. The van der Waals surface area contributed by atoms with Crippen molar-refractivity contribution in [3.63, 3.8) is 0 Å². The molecule has 0 amide bonds. The number of hydrogen-bond acceptors (Lipinski definition) is 8. The van der Waals surface area contributed by atoms with Gasteiger partial charge in [0, 0.05) is 17.9 Å². The second-order valence-corrected chi connectivity index (χ2v) is 10.3. The van der Waals surface area contributed by atoms with Gasteiger partial charge in [0.15, 0.2) is 12.1 Å². The minimum Gasteiger partial charge on any atom is -0.459 e. The first-order chi connectivity index (χ1) is 15.3. The van der Waals surface area contributed by atoms with Gasteiger partial charge in [0.05, 0.1) is 24.2 Å². The fourth-order valence-electron chi connectivity index (χ4n) is 4.90. The maximum atomic E-state index is 13.1. The predicted molar refractivity (Wildman–Crippen MR) is 124 cm³/mol. The normalized spacial score (nSPS) is 43.4. The quantitative estimate of drug-likeness (QED) is 0.604. The molecule has 33 heavy (non-hydrogen) atoms. The van der Waals surface area contributed by atoms with Crippen LogP contribution in [0.25, 0.3) is 0 Å². The Balaban J connectivity index is 2.35. The van der Waals surface area contributed by atoms with Crippen LogP contribution in [0.15, 0.2) is 12.2 Å². The van der Waals surface area contributed by atoms with E-state index >= 15 is 0 Å². The fourth-order valence-corrected chi connectivity index (χ4v) is 4.90. The fraction of sp³-hybridized carbons (Fsp3) is 0.840. The monoisotopic (exact) mass is 469 g/mol. The van der Waals surface area contributed by atoms with Crippen LogP contribution in [-0.2, 0) is 23.8 Å². The topological polar surface area (TPSA) is 106 Å². The summed E-state index contributed by atoms with van der Waals surface area (Å²) < 4.78 is 18.0. The number of carbonyl (C=O) groups excluding carboxylic acids is 2. The summed E-state index contributed by atoms with van der Waals surface area (Å²) in [7, 11) is 3.81. The van der Waals surface area contributed by atoms with Gasteiger partial charge in [0.2, 0.25) is 0 Å². The number of nitrogens with zero attached hydrogens (tertiary/aromatic N) is 1. The van der Waals surface area contributed by atoms with Crippen molar-refractivity contribution in [2.75, 3.05) is 14.1 Å². The molecule has 0 spiro atoms. The Morgan fingerprint density at radius 1 is 1.12 bits per heavy atom. The molecule has 1 fully saturated rings. The number of rotatable bonds is 4. The van der Waals surface area contributed by atoms with E-state index in [1.54, 1.807) is 26.8 Å². The molecule has 8 heteroatoms. The minimum atomic E-state index is -0.908. The molecule has 0 bridgehead atoms. The number of likely N-dealkylation sites (N-methyl/N-ethyl adjacent to an activating group) is 1. The van der Waals surface area contributed by atoms with Crippen LogP contribution in [0.3, 0.4) is 0 Å². The average molecular weight is 470 g/mol. The van der Waals surface area contributed by atoms with E-state index in [1.807, 2.05) is 39.8 Å². The number of ketones is 1. The molecule has 2 heterocycles. The highest BCUT2D eigenvalue weighted by Gasteiger charge is 2.43. The highest BCUT2D eigenvalue weighted by atomic mass is 16.7. The van der Waals surface area contributed by atoms with Gasteiger partial charge in [-0.05, 0) is 59.7 Å². The maximum Gasteiger partial charge on any atom is 0.311 e. The van der Waals surface area contributed by atoms with Crippen LogP contribution in [0, 0.1) is 23.7 Å². The number of aliphatic hydroxyl groups is 2. The van der Waals surface area contributed by atoms with Gasteiger partial charge in [-0.1, -0.05) is 26.8 Å². The lowest BCUT2D eigenvalue weighted by Crippen LogP contribution is -2.56. The van der Waals surface area contributed by atoms with E-state index in [4.69, 9.17) is 14.2 Å². The Bertz CT molecular complexity index is 694. The van der Waals surface area contributed by atoms with Crippen LogP contribution in [0.1, 0.15) is 54.4 Å². The van der Waals surface area contributed by atoms with E-state index in [0.717, 1.165) is 0 Å². The number of hydrogen-bond donors (Lipinski definition) is 2. The molecular formula is C25H43NO7. The molecule has 0 aromatic heterocycles. The lowest BCUT2D eigenvalue weighted by Gasteiger charge is -2.43. The molecule has 0 aromatic rings. The van der Waals surface area contributed by atoms with Gasteiger partial charge in [0.25, 0.3) is 0 Å². The van der Waals surface area contributed by atoms with Crippen LogP contribution in [0.5, 0.6) is 0 Å². The van der Waals surface area contributed by atoms with E-state index in [2.05, 4.69) is 0 Å². The van der Waals surface area contributed by atoms with E-state index in [1.165, 1.54) is 6.08 Å². The van der Waals surface area contributed by atoms with E-state index in [-0.39, 0.29) is 35.7 Å². The van der Waals surface area contributed by atoms with Gasteiger partial charge in [-0.15, -0.1) is 0 Å². The molecule has 2 rings (SSSR count). The molecule has 1 saturated heterocycles. The van der Waals surface area contributed by atoms with Crippen LogP contribution in [0.4, 0.5) is 0 Å². The van der Waals surface area contributed by atoms with Gasteiger partial charge in [-0.25, -0.2) is 0 Å². The van der Waals surface area contributed by atoms with E-state index in [9.17, 15) is 19.8 Å². The summed E-state index contributed by atoms with van der Waals surface area (Å²) in [6.45, 7) is 10.8. The van der Waals surface area contributed by atoms with Crippen molar-refractivity contribution < 1.29 is 34.0 Å². The summed E-state index contributed by atoms with van der Waals surface area (Å²) in [5, 5.41) is 21.1. The van der Waals surface area contributed by atoms with Crippen molar-refractivity contribution in [2.45, 2.75) is 97.2 Å². The number of allylic oxidation sites excluding steroid dienone is 1. The Morgan fingerprint density at radius 2 is 1.76 bits per heavy atom. The van der Waals surface area contributed by atoms with E-state index in [0.29, 0.717) is 12.8 Å². The zero-order valence-electron chi connectivity index (χ0n) is 21.3. The van der Waals surface area contributed by atoms with Crippen molar-refractivity contribution >= 4 is 11.8 Å². The first-order valence-corrected chi connectivity index (χ1v) is 12.1. The molecule has 0 aliphatic carbocycles. The Kier molecular flexibility index (Phi) is 10.1. The molecule has 0 radical (unpaired) electrons. The largest absolute Gasteiger partial charge is 0.459 e. The standard InChI is InChI=1S/C25H43NO7/c1-13-9-10-20(28)14(2)11-15(3)22(17(5)24(30)32-23(13)18(6)27)33-25-21(29)19(26(7)8)12-16(4)31-25/h9-10,13-19,21-23,25,27,29H,11-12H2,1-8H3/b10-9+. The number of esters is 1. The minimum absolute atomic E-state index is 0.0217.